The van der Waals surface area contributed by atoms with Crippen LogP contribution in [-0.4, -0.2) is 35.0 Å². The quantitative estimate of drug-likeness (QED) is 0.497. The molecule has 0 aromatic heterocycles. The van der Waals surface area contributed by atoms with Crippen LogP contribution in [-0.2, 0) is 14.4 Å². The fourth-order valence-electron chi connectivity index (χ4n) is 1.65. The highest BCUT2D eigenvalue weighted by Crippen LogP contribution is 2.24. The van der Waals surface area contributed by atoms with E-state index >= 15 is 0 Å². The molecule has 1 aliphatic rings. The van der Waals surface area contributed by atoms with Crippen LogP contribution in [0.4, 0.5) is 4.39 Å². The molecule has 0 radical (unpaired) electrons. The first-order valence-electron chi connectivity index (χ1n) is 4.59. The summed E-state index contributed by atoms with van der Waals surface area (Å²) in [5.41, 5.74) is 0. The Balaban J connectivity index is 2.43. The number of carbonyl (C=O) groups excluding carboxylic acids is 2. The second-order valence-corrected chi connectivity index (χ2v) is 3.63. The lowest BCUT2D eigenvalue weighted by Crippen LogP contribution is -2.61. The zero-order valence-corrected chi connectivity index (χ0v) is 8.20. The Morgan fingerprint density at radius 3 is 2.60 bits per heavy atom. The number of ketones is 1. The van der Waals surface area contributed by atoms with Gasteiger partial charge in [-0.1, -0.05) is 0 Å². The molecule has 1 amide bonds. The van der Waals surface area contributed by atoms with E-state index in [0.29, 0.717) is 0 Å². The van der Waals surface area contributed by atoms with E-state index in [9.17, 15) is 18.8 Å². The van der Waals surface area contributed by atoms with Crippen molar-refractivity contribution in [2.24, 2.45) is 5.92 Å². The van der Waals surface area contributed by atoms with Crippen molar-refractivity contribution in [2.75, 3.05) is 0 Å². The van der Waals surface area contributed by atoms with Crippen LogP contribution in [0, 0.1) is 5.92 Å². The molecule has 1 aliphatic heterocycles. The number of nitrogens with one attached hydrogen (secondary N) is 1. The first-order valence-corrected chi connectivity index (χ1v) is 4.59. The molecular formula is C9H12FNO4. The maximum Gasteiger partial charge on any atom is 0.310 e. The number of Topliss-reactive ketones (excluding diaryl/α,β-unsaturated/α-hetero) is 1. The highest BCUT2D eigenvalue weighted by Gasteiger charge is 2.43. The summed E-state index contributed by atoms with van der Waals surface area (Å²) in [6, 6.07) is -0.552. The van der Waals surface area contributed by atoms with E-state index in [-0.39, 0.29) is 6.42 Å². The van der Waals surface area contributed by atoms with Crippen LogP contribution in [0.5, 0.6) is 0 Å². The van der Waals surface area contributed by atoms with Gasteiger partial charge in [0.25, 0.3) is 0 Å². The monoisotopic (exact) mass is 217 g/mol. The van der Waals surface area contributed by atoms with Crippen LogP contribution in [0.2, 0.25) is 0 Å². The fourth-order valence-corrected chi connectivity index (χ4v) is 1.65. The van der Waals surface area contributed by atoms with Gasteiger partial charge in [-0.2, -0.15) is 0 Å². The van der Waals surface area contributed by atoms with Gasteiger partial charge in [-0.05, 0) is 6.92 Å². The Labute approximate surface area is 85.6 Å². The number of alkyl halides is 1. The van der Waals surface area contributed by atoms with Crippen LogP contribution < -0.4 is 5.32 Å². The van der Waals surface area contributed by atoms with Gasteiger partial charge in [-0.3, -0.25) is 14.4 Å². The fraction of sp³-hybridized carbons (Fsp3) is 0.667. The minimum absolute atomic E-state index is 0.114. The third-order valence-electron chi connectivity index (χ3n) is 2.35. The average Bonchev–Trinajstić information content (AvgIpc) is 1.99. The predicted octanol–water partition coefficient (Wildman–Crippen LogP) is -0.107. The molecule has 1 rings (SSSR count). The van der Waals surface area contributed by atoms with Crippen LogP contribution >= 0.6 is 0 Å². The molecule has 0 aromatic carbocycles. The first kappa shape index (κ1) is 11.6. The number of aliphatic carboxylic acids is 1. The van der Waals surface area contributed by atoms with Crippen LogP contribution in [0.1, 0.15) is 19.8 Å². The molecule has 15 heavy (non-hydrogen) atoms. The predicted molar refractivity (Wildman–Crippen MR) is 47.9 cm³/mol. The summed E-state index contributed by atoms with van der Waals surface area (Å²) in [5, 5.41) is 10.7. The summed E-state index contributed by atoms with van der Waals surface area (Å²) in [6.45, 7) is 1.25. The van der Waals surface area contributed by atoms with Gasteiger partial charge in [0.15, 0.2) is 0 Å². The number of hydrogen-bond donors (Lipinski definition) is 2. The summed E-state index contributed by atoms with van der Waals surface area (Å²) >= 11 is 0. The van der Waals surface area contributed by atoms with Gasteiger partial charge in [0.05, 0.1) is 12.0 Å². The van der Waals surface area contributed by atoms with Crippen molar-refractivity contribution in [1.29, 1.82) is 0 Å². The van der Waals surface area contributed by atoms with E-state index in [1.807, 2.05) is 0 Å². The van der Waals surface area contributed by atoms with Crippen LogP contribution in [0.3, 0.4) is 0 Å². The summed E-state index contributed by atoms with van der Waals surface area (Å²) in [4.78, 5) is 32.2. The van der Waals surface area contributed by atoms with E-state index in [0.717, 1.165) is 0 Å². The normalized spacial score (nSPS) is 26.4. The molecule has 3 atom stereocenters. The first-order chi connectivity index (χ1) is 6.91. The van der Waals surface area contributed by atoms with Gasteiger partial charge in [-0.25, -0.2) is 4.39 Å². The zero-order valence-electron chi connectivity index (χ0n) is 8.20. The Hall–Kier alpha value is -1.46. The molecule has 6 heteroatoms. The van der Waals surface area contributed by atoms with Crippen molar-refractivity contribution in [3.8, 4) is 0 Å². The lowest BCUT2D eigenvalue weighted by Gasteiger charge is -2.37. The number of carboxylic acid groups (broad SMARTS) is 1. The summed E-state index contributed by atoms with van der Waals surface area (Å²) < 4.78 is 12.9. The Morgan fingerprint density at radius 2 is 2.20 bits per heavy atom. The summed E-state index contributed by atoms with van der Waals surface area (Å²) in [7, 11) is 0. The number of carboxylic acids is 1. The maximum atomic E-state index is 12.9. The molecule has 1 fully saturated rings. The molecular weight excluding hydrogens is 205 g/mol. The number of β-lactam (4-membered cyclic amide) rings is 1. The third-order valence-corrected chi connectivity index (χ3v) is 2.35. The minimum Gasteiger partial charge on any atom is -0.481 e. The zero-order chi connectivity index (χ0) is 11.6. The lowest BCUT2D eigenvalue weighted by molar-refractivity contribution is -0.141. The molecule has 2 N–H and O–H groups in total. The largest absolute Gasteiger partial charge is 0.481 e. The van der Waals surface area contributed by atoms with Crippen molar-refractivity contribution < 1.29 is 23.9 Å². The Bertz CT molecular complexity index is 302. The van der Waals surface area contributed by atoms with Crippen molar-refractivity contribution in [1.82, 2.24) is 5.32 Å². The van der Waals surface area contributed by atoms with Gasteiger partial charge in [0.2, 0.25) is 5.91 Å². The second-order valence-electron chi connectivity index (χ2n) is 3.63. The van der Waals surface area contributed by atoms with E-state index < -0.39 is 42.2 Å². The number of rotatable bonds is 5. The van der Waals surface area contributed by atoms with E-state index in [2.05, 4.69) is 5.32 Å². The third kappa shape index (κ3) is 2.74. The van der Waals surface area contributed by atoms with Crippen molar-refractivity contribution in [3.05, 3.63) is 0 Å². The second kappa shape index (κ2) is 4.37. The molecule has 1 heterocycles. The highest BCUT2D eigenvalue weighted by molar-refractivity contribution is 5.96. The number of amides is 1. The Morgan fingerprint density at radius 1 is 1.60 bits per heavy atom. The van der Waals surface area contributed by atoms with Crippen molar-refractivity contribution in [3.63, 3.8) is 0 Å². The SMILES string of the molecule is C[C@H](F)[C@H]1C(=O)N[C@@H]1CC(=O)CC(=O)O. The molecule has 1 saturated heterocycles. The smallest absolute Gasteiger partial charge is 0.310 e. The molecule has 0 bridgehead atoms. The molecule has 84 valence electrons. The van der Waals surface area contributed by atoms with Gasteiger partial charge in [0, 0.05) is 6.42 Å². The van der Waals surface area contributed by atoms with Gasteiger partial charge in [0.1, 0.15) is 18.4 Å². The minimum atomic E-state index is -1.32. The lowest BCUT2D eigenvalue weighted by atomic mass is 9.83. The van der Waals surface area contributed by atoms with E-state index in [1.54, 1.807) is 0 Å². The average molecular weight is 217 g/mol. The maximum absolute atomic E-state index is 12.9. The molecule has 0 aromatic rings. The Kier molecular flexibility index (Phi) is 3.39. The summed E-state index contributed by atoms with van der Waals surface area (Å²) in [5.74, 6) is -2.95. The van der Waals surface area contributed by atoms with Crippen molar-refractivity contribution in [2.45, 2.75) is 32.0 Å². The topological polar surface area (TPSA) is 83.5 Å². The molecule has 0 aliphatic carbocycles. The van der Waals surface area contributed by atoms with Gasteiger partial charge >= 0.3 is 5.97 Å². The molecule has 5 nitrogen and oxygen atoms in total. The number of halogens is 1. The van der Waals surface area contributed by atoms with E-state index in [1.165, 1.54) is 6.92 Å². The number of carbonyl (C=O) groups is 3. The number of hydrogen-bond acceptors (Lipinski definition) is 3. The summed E-state index contributed by atoms with van der Waals surface area (Å²) in [6.07, 6.45) is -2.02. The van der Waals surface area contributed by atoms with E-state index in [4.69, 9.17) is 5.11 Å². The van der Waals surface area contributed by atoms with Crippen LogP contribution in [0.25, 0.3) is 0 Å². The van der Waals surface area contributed by atoms with Crippen LogP contribution in [0.15, 0.2) is 0 Å². The van der Waals surface area contributed by atoms with Gasteiger partial charge < -0.3 is 10.4 Å². The highest BCUT2D eigenvalue weighted by atomic mass is 19.1. The molecule has 0 spiro atoms. The molecule has 0 unspecified atom stereocenters. The van der Waals surface area contributed by atoms with Gasteiger partial charge in [-0.15, -0.1) is 0 Å². The molecule has 0 saturated carbocycles. The van der Waals surface area contributed by atoms with Crippen molar-refractivity contribution >= 4 is 17.7 Å². The standard InChI is InChI=1S/C9H12FNO4/c1-4(10)8-6(11-9(8)15)2-5(12)3-7(13)14/h4,6,8H,2-3H2,1H3,(H,11,15)(H,13,14)/t4-,6+,8+/m0/s1.